The van der Waals surface area contributed by atoms with Crippen LogP contribution < -0.4 is 5.32 Å². The van der Waals surface area contributed by atoms with Crippen molar-refractivity contribution in [2.45, 2.75) is 25.9 Å². The molecule has 0 spiro atoms. The molecular weight excluding hydrogens is 190 g/mol. The summed E-state index contributed by atoms with van der Waals surface area (Å²) in [4.78, 5) is 11.4. The fraction of sp³-hybridized carbons (Fsp3) is 0.417. The van der Waals surface area contributed by atoms with Crippen LogP contribution in [0.4, 0.5) is 0 Å². The minimum atomic E-state index is -0.190. The Balaban J connectivity index is 2.22. The van der Waals surface area contributed by atoms with Crippen LogP contribution in [0, 0.1) is 6.92 Å². The van der Waals surface area contributed by atoms with Crippen LogP contribution >= 0.6 is 0 Å². The molecule has 1 aromatic carbocycles. The van der Waals surface area contributed by atoms with Gasteiger partial charge in [0.2, 0.25) is 0 Å². The second kappa shape index (κ2) is 4.03. The van der Waals surface area contributed by atoms with E-state index in [1.54, 1.807) is 0 Å². The molecule has 3 heteroatoms. The Hall–Kier alpha value is -1.35. The van der Waals surface area contributed by atoms with Gasteiger partial charge in [-0.3, -0.25) is 4.79 Å². The van der Waals surface area contributed by atoms with Crippen molar-refractivity contribution in [2.24, 2.45) is 0 Å². The van der Waals surface area contributed by atoms with Crippen LogP contribution in [0.1, 0.15) is 16.7 Å². The first kappa shape index (κ1) is 10.2. The Labute approximate surface area is 89.4 Å². The zero-order valence-corrected chi connectivity index (χ0v) is 9.04. The molecule has 0 amide bonds. The lowest BCUT2D eigenvalue weighted by molar-refractivity contribution is -0.143. The van der Waals surface area contributed by atoms with Crippen LogP contribution in [0.3, 0.4) is 0 Å². The minimum Gasteiger partial charge on any atom is -0.468 e. The third-order valence-corrected chi connectivity index (χ3v) is 2.81. The Morgan fingerprint density at radius 3 is 3.00 bits per heavy atom. The van der Waals surface area contributed by atoms with E-state index in [2.05, 4.69) is 30.4 Å². The van der Waals surface area contributed by atoms with E-state index in [1.807, 2.05) is 0 Å². The number of rotatable bonds is 1. The topological polar surface area (TPSA) is 38.3 Å². The highest BCUT2D eigenvalue weighted by Crippen LogP contribution is 2.18. The van der Waals surface area contributed by atoms with Gasteiger partial charge in [0, 0.05) is 6.54 Å². The van der Waals surface area contributed by atoms with Gasteiger partial charge in [-0.05, 0) is 24.5 Å². The van der Waals surface area contributed by atoms with Gasteiger partial charge < -0.3 is 10.1 Å². The number of esters is 1. The quantitative estimate of drug-likeness (QED) is 0.700. The molecule has 0 aromatic heterocycles. The van der Waals surface area contributed by atoms with Crippen molar-refractivity contribution in [2.75, 3.05) is 7.11 Å². The molecule has 1 atom stereocenters. The summed E-state index contributed by atoms with van der Waals surface area (Å²) in [5, 5.41) is 3.17. The summed E-state index contributed by atoms with van der Waals surface area (Å²) in [7, 11) is 1.43. The molecule has 3 nitrogen and oxygen atoms in total. The van der Waals surface area contributed by atoms with Crippen molar-refractivity contribution in [1.29, 1.82) is 0 Å². The van der Waals surface area contributed by atoms with Crippen LogP contribution in [0.5, 0.6) is 0 Å². The lowest BCUT2D eigenvalue weighted by Crippen LogP contribution is -2.42. The Bertz CT molecular complexity index is 387. The second-order valence-corrected chi connectivity index (χ2v) is 3.93. The van der Waals surface area contributed by atoms with Crippen LogP contribution in [0.25, 0.3) is 0 Å². The van der Waals surface area contributed by atoms with Crippen molar-refractivity contribution in [3.8, 4) is 0 Å². The number of ether oxygens (including phenoxy) is 1. The van der Waals surface area contributed by atoms with E-state index in [9.17, 15) is 4.79 Å². The Kier molecular flexibility index (Phi) is 2.73. The Morgan fingerprint density at radius 1 is 1.47 bits per heavy atom. The summed E-state index contributed by atoms with van der Waals surface area (Å²) in [6.07, 6.45) is 0.726. The lowest BCUT2D eigenvalue weighted by atomic mass is 9.94. The molecule has 0 fully saturated rings. The molecule has 1 N–H and O–H groups in total. The largest absolute Gasteiger partial charge is 0.468 e. The van der Waals surface area contributed by atoms with Crippen molar-refractivity contribution in [3.63, 3.8) is 0 Å². The maximum absolute atomic E-state index is 11.4. The van der Waals surface area contributed by atoms with E-state index < -0.39 is 0 Å². The van der Waals surface area contributed by atoms with E-state index in [0.717, 1.165) is 13.0 Å². The molecule has 0 saturated carbocycles. The average molecular weight is 205 g/mol. The number of benzene rings is 1. The first-order chi connectivity index (χ1) is 7.20. The van der Waals surface area contributed by atoms with Gasteiger partial charge in [0.1, 0.15) is 6.04 Å². The highest BCUT2D eigenvalue weighted by molar-refractivity contribution is 5.76. The summed E-state index contributed by atoms with van der Waals surface area (Å²) < 4.78 is 4.73. The first-order valence-electron chi connectivity index (χ1n) is 5.10. The summed E-state index contributed by atoms with van der Waals surface area (Å²) in [5.41, 5.74) is 3.77. The third kappa shape index (κ3) is 2.02. The summed E-state index contributed by atoms with van der Waals surface area (Å²) in [6, 6.07) is 6.17. The van der Waals surface area contributed by atoms with Crippen LogP contribution in [0.2, 0.25) is 0 Å². The highest BCUT2D eigenvalue weighted by Gasteiger charge is 2.24. The highest BCUT2D eigenvalue weighted by atomic mass is 16.5. The number of carbonyl (C=O) groups is 1. The smallest absolute Gasteiger partial charge is 0.323 e. The molecule has 1 heterocycles. The number of hydrogen-bond acceptors (Lipinski definition) is 3. The fourth-order valence-corrected chi connectivity index (χ4v) is 1.95. The Morgan fingerprint density at radius 2 is 2.27 bits per heavy atom. The number of carbonyl (C=O) groups excluding carboxylic acids is 1. The number of nitrogens with one attached hydrogen (secondary N) is 1. The van der Waals surface area contributed by atoms with Gasteiger partial charge >= 0.3 is 5.97 Å². The number of fused-ring (bicyclic) bond motifs is 1. The van der Waals surface area contributed by atoms with Crippen LogP contribution in [0.15, 0.2) is 18.2 Å². The van der Waals surface area contributed by atoms with Crippen molar-refractivity contribution < 1.29 is 9.53 Å². The van der Waals surface area contributed by atoms with Gasteiger partial charge in [0.15, 0.2) is 0 Å². The average Bonchev–Trinajstić information content (AvgIpc) is 2.27. The standard InChI is InChI=1S/C12H15NO2/c1-8-3-4-9-7-13-11(12(14)15-2)6-10(9)5-8/h3-5,11,13H,6-7H2,1-2H3/t11-/m0/s1. The third-order valence-electron chi connectivity index (χ3n) is 2.81. The van der Waals surface area contributed by atoms with Gasteiger partial charge in [-0.1, -0.05) is 23.8 Å². The molecule has 0 aliphatic carbocycles. The first-order valence-corrected chi connectivity index (χ1v) is 5.10. The van der Waals surface area contributed by atoms with Crippen molar-refractivity contribution in [3.05, 3.63) is 34.9 Å². The normalized spacial score (nSPS) is 19.5. The van der Waals surface area contributed by atoms with Crippen LogP contribution in [-0.4, -0.2) is 19.1 Å². The molecule has 1 aromatic rings. The van der Waals surface area contributed by atoms with Gasteiger partial charge in [-0.15, -0.1) is 0 Å². The molecular formula is C12H15NO2. The maximum Gasteiger partial charge on any atom is 0.323 e. The molecule has 80 valence electrons. The molecule has 0 saturated heterocycles. The van der Waals surface area contributed by atoms with E-state index in [-0.39, 0.29) is 12.0 Å². The SMILES string of the molecule is COC(=O)[C@@H]1Cc2cc(C)ccc2CN1. The number of hydrogen-bond donors (Lipinski definition) is 1. The molecule has 1 aliphatic rings. The van der Waals surface area contributed by atoms with Gasteiger partial charge in [-0.2, -0.15) is 0 Å². The number of methoxy groups -OCH3 is 1. The zero-order chi connectivity index (χ0) is 10.8. The predicted molar refractivity (Wildman–Crippen MR) is 57.5 cm³/mol. The van der Waals surface area contributed by atoms with Gasteiger partial charge in [0.25, 0.3) is 0 Å². The van der Waals surface area contributed by atoms with E-state index in [0.29, 0.717) is 0 Å². The zero-order valence-electron chi connectivity index (χ0n) is 9.04. The lowest BCUT2D eigenvalue weighted by Gasteiger charge is -2.24. The van der Waals surface area contributed by atoms with Crippen molar-refractivity contribution >= 4 is 5.97 Å². The summed E-state index contributed by atoms with van der Waals surface area (Å²) in [6.45, 7) is 2.81. The summed E-state index contributed by atoms with van der Waals surface area (Å²) >= 11 is 0. The van der Waals surface area contributed by atoms with E-state index >= 15 is 0 Å². The second-order valence-electron chi connectivity index (χ2n) is 3.93. The van der Waals surface area contributed by atoms with E-state index in [1.165, 1.54) is 23.8 Å². The molecule has 2 rings (SSSR count). The molecule has 0 radical (unpaired) electrons. The minimum absolute atomic E-state index is 0.179. The summed E-state index contributed by atoms with van der Waals surface area (Å²) in [5.74, 6) is -0.179. The van der Waals surface area contributed by atoms with E-state index in [4.69, 9.17) is 4.74 Å². The number of aryl methyl sites for hydroxylation is 1. The molecule has 15 heavy (non-hydrogen) atoms. The van der Waals surface area contributed by atoms with Gasteiger partial charge in [-0.25, -0.2) is 0 Å². The van der Waals surface area contributed by atoms with Gasteiger partial charge in [0.05, 0.1) is 7.11 Å². The maximum atomic E-state index is 11.4. The monoisotopic (exact) mass is 205 g/mol. The van der Waals surface area contributed by atoms with Crippen LogP contribution in [-0.2, 0) is 22.5 Å². The molecule has 0 unspecified atom stereocenters. The van der Waals surface area contributed by atoms with Crippen molar-refractivity contribution in [1.82, 2.24) is 5.32 Å². The molecule has 1 aliphatic heterocycles. The fourth-order valence-electron chi connectivity index (χ4n) is 1.95. The predicted octanol–water partition coefficient (Wildman–Crippen LogP) is 1.18. The molecule has 0 bridgehead atoms.